The van der Waals surface area contributed by atoms with Gasteiger partial charge in [-0.15, -0.1) is 11.3 Å². The molecule has 3 aromatic rings. The molecule has 2 N–H and O–H groups in total. The summed E-state index contributed by atoms with van der Waals surface area (Å²) in [5, 5.41) is 13.2. The van der Waals surface area contributed by atoms with E-state index in [9.17, 15) is 8.42 Å². The van der Waals surface area contributed by atoms with Gasteiger partial charge in [-0.3, -0.25) is 10.5 Å². The van der Waals surface area contributed by atoms with Gasteiger partial charge in [0.05, 0.1) is 23.0 Å². The summed E-state index contributed by atoms with van der Waals surface area (Å²) in [6, 6.07) is 7.16. The third-order valence-corrected chi connectivity index (χ3v) is 7.28. The number of anilines is 1. The van der Waals surface area contributed by atoms with Crippen LogP contribution in [0.25, 0.3) is 10.6 Å². The van der Waals surface area contributed by atoms with Gasteiger partial charge in [-0.2, -0.15) is 14.5 Å². The van der Waals surface area contributed by atoms with Crippen LogP contribution in [0.3, 0.4) is 0 Å². The van der Waals surface area contributed by atoms with E-state index in [0.717, 1.165) is 35.4 Å². The molecule has 0 aliphatic carbocycles. The lowest BCUT2D eigenvalue weighted by atomic mass is 10.2. The third kappa shape index (κ3) is 3.98. The minimum Gasteiger partial charge on any atom is -0.276 e. The minimum atomic E-state index is -3.47. The van der Waals surface area contributed by atoms with Gasteiger partial charge in [0, 0.05) is 24.8 Å². The van der Waals surface area contributed by atoms with E-state index in [1.807, 2.05) is 17.5 Å². The van der Waals surface area contributed by atoms with Crippen molar-refractivity contribution in [3.05, 3.63) is 47.6 Å². The van der Waals surface area contributed by atoms with Crippen molar-refractivity contribution in [3.63, 3.8) is 0 Å². The molecule has 28 heavy (non-hydrogen) atoms. The molecular weight excluding hydrogens is 396 g/mol. The molecule has 1 aliphatic heterocycles. The Hall–Kier alpha value is -2.56. The van der Waals surface area contributed by atoms with Crippen molar-refractivity contribution in [3.8, 4) is 10.6 Å². The highest BCUT2D eigenvalue weighted by Crippen LogP contribution is 2.25. The molecular formula is C18H20N6O2S2. The van der Waals surface area contributed by atoms with E-state index in [2.05, 4.69) is 25.7 Å². The summed E-state index contributed by atoms with van der Waals surface area (Å²) >= 11 is 1.61. The molecule has 0 unspecified atom stereocenters. The summed E-state index contributed by atoms with van der Waals surface area (Å²) in [7, 11) is -3.47. The van der Waals surface area contributed by atoms with Crippen LogP contribution in [0.5, 0.6) is 0 Å². The van der Waals surface area contributed by atoms with E-state index in [-0.39, 0.29) is 4.90 Å². The topological polar surface area (TPSA) is 103 Å². The van der Waals surface area contributed by atoms with Crippen molar-refractivity contribution in [2.24, 2.45) is 5.10 Å². The third-order valence-electron chi connectivity index (χ3n) is 4.51. The molecule has 1 fully saturated rings. The number of aromatic nitrogens is 3. The van der Waals surface area contributed by atoms with Gasteiger partial charge in [-0.25, -0.2) is 13.4 Å². The van der Waals surface area contributed by atoms with Crippen LogP contribution < -0.4 is 5.43 Å². The maximum Gasteiger partial charge on any atom is 0.244 e. The molecule has 3 aromatic heterocycles. The summed E-state index contributed by atoms with van der Waals surface area (Å²) in [4.78, 5) is 5.46. The van der Waals surface area contributed by atoms with E-state index < -0.39 is 10.0 Å². The molecule has 0 bridgehead atoms. The average Bonchev–Trinajstić information content (AvgIpc) is 3.41. The van der Waals surface area contributed by atoms with Gasteiger partial charge in [-0.1, -0.05) is 12.5 Å². The SMILES string of the molecule is O=S(=O)(c1ccc(N/N=C/c2cn[nH]c2-c2cccs2)nc1)N1CCCCC1. The van der Waals surface area contributed by atoms with Gasteiger partial charge in [0.2, 0.25) is 10.0 Å². The van der Waals surface area contributed by atoms with Crippen molar-refractivity contribution < 1.29 is 8.42 Å². The first-order valence-electron chi connectivity index (χ1n) is 8.97. The number of H-pyrrole nitrogens is 1. The molecule has 0 saturated carbocycles. The van der Waals surface area contributed by atoms with Gasteiger partial charge in [0.1, 0.15) is 10.7 Å². The summed E-state index contributed by atoms with van der Waals surface area (Å²) in [6.45, 7) is 1.15. The molecule has 0 radical (unpaired) electrons. The molecule has 0 spiro atoms. The Labute approximate surface area is 167 Å². The molecule has 4 rings (SSSR count). The second kappa shape index (κ2) is 8.21. The molecule has 8 nitrogen and oxygen atoms in total. The maximum atomic E-state index is 12.6. The fourth-order valence-electron chi connectivity index (χ4n) is 3.03. The van der Waals surface area contributed by atoms with Crippen LogP contribution in [0.1, 0.15) is 24.8 Å². The fraction of sp³-hybridized carbons (Fsp3) is 0.278. The first-order valence-corrected chi connectivity index (χ1v) is 11.3. The maximum absolute atomic E-state index is 12.6. The van der Waals surface area contributed by atoms with E-state index in [4.69, 9.17) is 0 Å². The second-order valence-electron chi connectivity index (χ2n) is 6.39. The van der Waals surface area contributed by atoms with Crippen LogP contribution in [0.4, 0.5) is 5.82 Å². The normalized spacial score (nSPS) is 15.9. The Bertz CT molecular complexity index is 1040. The van der Waals surface area contributed by atoms with Crippen LogP contribution in [-0.4, -0.2) is 47.2 Å². The number of hydrogen-bond acceptors (Lipinski definition) is 7. The average molecular weight is 417 g/mol. The number of nitrogens with one attached hydrogen (secondary N) is 2. The summed E-state index contributed by atoms with van der Waals surface area (Å²) in [5.74, 6) is 0.468. The predicted octanol–water partition coefficient (Wildman–Crippen LogP) is 3.15. The van der Waals surface area contributed by atoms with Crippen LogP contribution in [-0.2, 0) is 10.0 Å². The first-order chi connectivity index (χ1) is 13.6. The van der Waals surface area contributed by atoms with Crippen molar-refractivity contribution in [2.75, 3.05) is 18.5 Å². The molecule has 146 valence electrons. The quantitative estimate of drug-likeness (QED) is 0.475. The van der Waals surface area contributed by atoms with Crippen LogP contribution >= 0.6 is 11.3 Å². The molecule has 4 heterocycles. The monoisotopic (exact) mass is 416 g/mol. The highest BCUT2D eigenvalue weighted by Gasteiger charge is 2.26. The van der Waals surface area contributed by atoms with Crippen LogP contribution in [0.2, 0.25) is 0 Å². The highest BCUT2D eigenvalue weighted by atomic mass is 32.2. The molecule has 1 saturated heterocycles. The van der Waals surface area contributed by atoms with Gasteiger partial charge in [0.15, 0.2) is 0 Å². The van der Waals surface area contributed by atoms with Crippen molar-refractivity contribution in [1.82, 2.24) is 19.5 Å². The number of sulfonamides is 1. The van der Waals surface area contributed by atoms with Crippen molar-refractivity contribution in [1.29, 1.82) is 0 Å². The minimum absolute atomic E-state index is 0.207. The number of pyridine rings is 1. The Morgan fingerprint density at radius 3 is 2.75 bits per heavy atom. The second-order valence-corrected chi connectivity index (χ2v) is 9.28. The van der Waals surface area contributed by atoms with Crippen LogP contribution in [0.15, 0.2) is 52.0 Å². The Morgan fingerprint density at radius 1 is 1.18 bits per heavy atom. The summed E-state index contributed by atoms with van der Waals surface area (Å²) < 4.78 is 26.8. The van der Waals surface area contributed by atoms with Gasteiger partial charge in [0.25, 0.3) is 0 Å². The van der Waals surface area contributed by atoms with E-state index in [1.165, 1.54) is 10.5 Å². The lowest BCUT2D eigenvalue weighted by Gasteiger charge is -2.25. The number of nitrogens with zero attached hydrogens (tertiary/aromatic N) is 4. The molecule has 0 atom stereocenters. The van der Waals surface area contributed by atoms with Gasteiger partial charge in [-0.05, 0) is 36.4 Å². The Balaban J connectivity index is 1.43. The van der Waals surface area contributed by atoms with Crippen LogP contribution in [0, 0.1) is 0 Å². The van der Waals surface area contributed by atoms with E-state index in [1.54, 1.807) is 35.9 Å². The zero-order valence-electron chi connectivity index (χ0n) is 15.1. The number of aromatic amines is 1. The van der Waals surface area contributed by atoms with Crippen molar-refractivity contribution >= 4 is 33.4 Å². The standard InChI is InChI=1S/C18H20N6O2S2/c25-28(26,24-8-2-1-3-9-24)15-6-7-17(19-13-15)22-20-11-14-12-21-23-18(14)16-5-4-10-27-16/h4-7,10-13H,1-3,8-9H2,(H,19,22)(H,21,23)/b20-11+. The molecule has 0 amide bonds. The smallest absolute Gasteiger partial charge is 0.244 e. The van der Waals surface area contributed by atoms with Gasteiger partial charge >= 0.3 is 0 Å². The lowest BCUT2D eigenvalue weighted by molar-refractivity contribution is 0.346. The highest BCUT2D eigenvalue weighted by molar-refractivity contribution is 7.89. The summed E-state index contributed by atoms with van der Waals surface area (Å²) in [5.41, 5.74) is 4.57. The largest absolute Gasteiger partial charge is 0.276 e. The van der Waals surface area contributed by atoms with E-state index in [0.29, 0.717) is 18.9 Å². The molecule has 1 aliphatic rings. The number of piperidine rings is 1. The Morgan fingerprint density at radius 2 is 2.04 bits per heavy atom. The van der Waals surface area contributed by atoms with Gasteiger partial charge < -0.3 is 0 Å². The predicted molar refractivity (Wildman–Crippen MR) is 110 cm³/mol. The molecule has 0 aromatic carbocycles. The number of thiophene rings is 1. The zero-order chi connectivity index (χ0) is 19.4. The number of hydrazone groups is 1. The fourth-order valence-corrected chi connectivity index (χ4v) is 5.24. The first kappa shape index (κ1) is 18.8. The van der Waals surface area contributed by atoms with Crippen molar-refractivity contribution in [2.45, 2.75) is 24.2 Å². The Kier molecular flexibility index (Phi) is 5.51. The summed E-state index contributed by atoms with van der Waals surface area (Å²) in [6.07, 6.45) is 7.61. The van der Waals surface area contributed by atoms with E-state index >= 15 is 0 Å². The zero-order valence-corrected chi connectivity index (χ0v) is 16.7. The lowest BCUT2D eigenvalue weighted by Crippen LogP contribution is -2.35. The number of rotatable bonds is 6. The molecule has 10 heteroatoms. The number of hydrogen-bond donors (Lipinski definition) is 2.